The number of methoxy groups -OCH3 is 1. The van der Waals surface area contributed by atoms with Crippen LogP contribution in [0.1, 0.15) is 33.6 Å². The highest BCUT2D eigenvalue weighted by Gasteiger charge is 2.20. The van der Waals surface area contributed by atoms with Crippen LogP contribution in [0, 0.1) is 10.6 Å². The highest BCUT2D eigenvalue weighted by atomic mass is 127. The third-order valence-electron chi connectivity index (χ3n) is 3.55. The molecule has 0 fully saturated rings. The molecule has 0 aliphatic rings. The molecule has 0 saturated carbocycles. The lowest BCUT2D eigenvalue weighted by atomic mass is 10.1. The molecule has 122 valence electrons. The standard InChI is InChI=1S/C17H18INO4/c1-11-13(8-9-14(20)22-2)16(18)19-15(11)17(21)23-10-12-6-4-3-5-7-12/h3-7,19H,8-10H2,1-2H3. The number of hydrogen-bond acceptors (Lipinski definition) is 4. The summed E-state index contributed by atoms with van der Waals surface area (Å²) in [6, 6.07) is 9.52. The Kier molecular flexibility index (Phi) is 6.20. The number of carbonyl (C=O) groups is 2. The zero-order valence-electron chi connectivity index (χ0n) is 13.0. The van der Waals surface area contributed by atoms with Crippen LogP contribution >= 0.6 is 22.6 Å². The fourth-order valence-corrected chi connectivity index (χ4v) is 3.16. The van der Waals surface area contributed by atoms with Gasteiger partial charge >= 0.3 is 11.9 Å². The number of H-pyrrole nitrogens is 1. The van der Waals surface area contributed by atoms with Gasteiger partial charge in [-0.05, 0) is 52.6 Å². The van der Waals surface area contributed by atoms with Gasteiger partial charge in [0.1, 0.15) is 12.3 Å². The van der Waals surface area contributed by atoms with E-state index in [1.165, 1.54) is 7.11 Å². The first kappa shape index (κ1) is 17.5. The number of hydrogen-bond donors (Lipinski definition) is 1. The van der Waals surface area contributed by atoms with Crippen molar-refractivity contribution in [2.45, 2.75) is 26.4 Å². The van der Waals surface area contributed by atoms with Crippen LogP contribution in [0.25, 0.3) is 0 Å². The van der Waals surface area contributed by atoms with Crippen LogP contribution in [-0.4, -0.2) is 24.0 Å². The van der Waals surface area contributed by atoms with Crippen molar-refractivity contribution in [3.63, 3.8) is 0 Å². The number of halogens is 1. The van der Waals surface area contributed by atoms with Crippen LogP contribution in [0.15, 0.2) is 30.3 Å². The van der Waals surface area contributed by atoms with Crippen LogP contribution in [0.4, 0.5) is 0 Å². The van der Waals surface area contributed by atoms with Gasteiger partial charge in [0.05, 0.1) is 10.8 Å². The molecule has 1 aromatic carbocycles. The lowest BCUT2D eigenvalue weighted by Gasteiger charge is -2.05. The smallest absolute Gasteiger partial charge is 0.355 e. The van der Waals surface area contributed by atoms with E-state index in [-0.39, 0.29) is 19.0 Å². The quantitative estimate of drug-likeness (QED) is 0.567. The van der Waals surface area contributed by atoms with Gasteiger partial charge in [-0.25, -0.2) is 4.79 Å². The number of ether oxygens (including phenoxy) is 2. The number of rotatable bonds is 6. The molecule has 0 aliphatic heterocycles. The minimum atomic E-state index is -0.395. The molecule has 1 heterocycles. The van der Waals surface area contributed by atoms with Crippen molar-refractivity contribution >= 4 is 34.5 Å². The van der Waals surface area contributed by atoms with Gasteiger partial charge in [-0.1, -0.05) is 30.3 Å². The summed E-state index contributed by atoms with van der Waals surface area (Å²) in [6.07, 6.45) is 0.808. The van der Waals surface area contributed by atoms with E-state index in [9.17, 15) is 9.59 Å². The Bertz CT molecular complexity index is 694. The molecule has 1 aromatic heterocycles. The Labute approximate surface area is 148 Å². The zero-order valence-corrected chi connectivity index (χ0v) is 15.2. The Morgan fingerprint density at radius 3 is 2.57 bits per heavy atom. The number of esters is 2. The van der Waals surface area contributed by atoms with Crippen LogP contribution in [0.5, 0.6) is 0 Å². The van der Waals surface area contributed by atoms with Crippen LogP contribution in [0.3, 0.4) is 0 Å². The summed E-state index contributed by atoms with van der Waals surface area (Å²) < 4.78 is 10.8. The maximum Gasteiger partial charge on any atom is 0.355 e. The van der Waals surface area contributed by atoms with Gasteiger partial charge in [0.25, 0.3) is 0 Å². The predicted octanol–water partition coefficient (Wildman–Crippen LogP) is 3.39. The number of aromatic nitrogens is 1. The zero-order chi connectivity index (χ0) is 16.8. The van der Waals surface area contributed by atoms with E-state index in [0.717, 1.165) is 20.4 Å². The summed E-state index contributed by atoms with van der Waals surface area (Å²) in [5.41, 5.74) is 3.13. The van der Waals surface area contributed by atoms with E-state index in [4.69, 9.17) is 4.74 Å². The van der Waals surface area contributed by atoms with Gasteiger partial charge in [0.15, 0.2) is 0 Å². The molecule has 2 rings (SSSR count). The van der Waals surface area contributed by atoms with Crippen molar-refractivity contribution < 1.29 is 19.1 Å². The minimum absolute atomic E-state index is 0.228. The monoisotopic (exact) mass is 427 g/mol. The molecule has 23 heavy (non-hydrogen) atoms. The maximum absolute atomic E-state index is 12.3. The maximum atomic E-state index is 12.3. The van der Waals surface area contributed by atoms with Gasteiger partial charge in [0, 0.05) is 6.42 Å². The third kappa shape index (κ3) is 4.57. The van der Waals surface area contributed by atoms with Gasteiger partial charge in [-0.3, -0.25) is 4.79 Å². The van der Waals surface area contributed by atoms with E-state index >= 15 is 0 Å². The first-order chi connectivity index (χ1) is 11.0. The minimum Gasteiger partial charge on any atom is -0.469 e. The second-order valence-electron chi connectivity index (χ2n) is 5.06. The second-order valence-corrected chi connectivity index (χ2v) is 6.13. The average molecular weight is 427 g/mol. The molecule has 0 aliphatic carbocycles. The molecule has 0 radical (unpaired) electrons. The van der Waals surface area contributed by atoms with Crippen LogP contribution < -0.4 is 0 Å². The summed E-state index contributed by atoms with van der Waals surface area (Å²) >= 11 is 2.12. The highest BCUT2D eigenvalue weighted by Crippen LogP contribution is 2.22. The molecule has 0 atom stereocenters. The summed E-state index contributed by atoms with van der Waals surface area (Å²) in [6.45, 7) is 2.08. The molecule has 0 saturated heterocycles. The Balaban J connectivity index is 2.04. The normalized spacial score (nSPS) is 10.4. The molecule has 2 aromatic rings. The van der Waals surface area contributed by atoms with Gasteiger partial charge < -0.3 is 14.5 Å². The first-order valence-corrected chi connectivity index (χ1v) is 8.25. The van der Waals surface area contributed by atoms with Gasteiger partial charge in [-0.2, -0.15) is 0 Å². The van der Waals surface area contributed by atoms with Gasteiger partial charge in [-0.15, -0.1) is 0 Å². The van der Waals surface area contributed by atoms with Gasteiger partial charge in [0.2, 0.25) is 0 Å². The third-order valence-corrected chi connectivity index (χ3v) is 4.47. The Morgan fingerprint density at radius 1 is 1.22 bits per heavy atom. The van der Waals surface area contributed by atoms with Crippen molar-refractivity contribution in [3.05, 3.63) is 56.4 Å². The lowest BCUT2D eigenvalue weighted by molar-refractivity contribution is -0.140. The summed E-state index contributed by atoms with van der Waals surface area (Å²) in [5.74, 6) is -0.664. The molecule has 0 unspecified atom stereocenters. The molecular formula is C17H18INO4. The van der Waals surface area contributed by atoms with Crippen molar-refractivity contribution in [1.82, 2.24) is 4.98 Å². The molecule has 5 nitrogen and oxygen atoms in total. The number of benzene rings is 1. The van der Waals surface area contributed by atoms with Crippen LogP contribution in [-0.2, 0) is 27.3 Å². The number of carbonyl (C=O) groups excluding carboxylic acids is 2. The topological polar surface area (TPSA) is 68.4 Å². The summed E-state index contributed by atoms with van der Waals surface area (Å²) in [5, 5.41) is 0. The van der Waals surface area contributed by atoms with E-state index in [1.807, 2.05) is 37.3 Å². The van der Waals surface area contributed by atoms with Crippen LogP contribution in [0.2, 0.25) is 0 Å². The van der Waals surface area contributed by atoms with Crippen molar-refractivity contribution in [2.75, 3.05) is 7.11 Å². The summed E-state index contributed by atoms with van der Waals surface area (Å²) in [4.78, 5) is 26.6. The average Bonchev–Trinajstić information content (AvgIpc) is 2.85. The molecule has 0 spiro atoms. The lowest BCUT2D eigenvalue weighted by Crippen LogP contribution is -2.07. The first-order valence-electron chi connectivity index (χ1n) is 7.17. The van der Waals surface area contributed by atoms with E-state index in [2.05, 4.69) is 32.3 Å². The Morgan fingerprint density at radius 2 is 1.91 bits per heavy atom. The molecule has 1 N–H and O–H groups in total. The SMILES string of the molecule is COC(=O)CCc1c(I)[nH]c(C(=O)OCc2ccccc2)c1C. The Hall–Kier alpha value is -1.83. The van der Waals surface area contributed by atoms with E-state index in [1.54, 1.807) is 0 Å². The molecule has 0 amide bonds. The predicted molar refractivity (Wildman–Crippen MR) is 94.1 cm³/mol. The number of nitrogens with one attached hydrogen (secondary N) is 1. The van der Waals surface area contributed by atoms with Crippen molar-refractivity contribution in [3.8, 4) is 0 Å². The number of aromatic amines is 1. The summed E-state index contributed by atoms with van der Waals surface area (Å²) in [7, 11) is 1.36. The van der Waals surface area contributed by atoms with E-state index in [0.29, 0.717) is 12.1 Å². The molecular weight excluding hydrogens is 409 g/mol. The fraction of sp³-hybridized carbons (Fsp3) is 0.294. The largest absolute Gasteiger partial charge is 0.469 e. The van der Waals surface area contributed by atoms with E-state index < -0.39 is 5.97 Å². The van der Waals surface area contributed by atoms with Crippen molar-refractivity contribution in [2.24, 2.45) is 0 Å². The highest BCUT2D eigenvalue weighted by molar-refractivity contribution is 14.1. The molecule has 6 heteroatoms. The second kappa shape index (κ2) is 8.14. The van der Waals surface area contributed by atoms with Crippen molar-refractivity contribution in [1.29, 1.82) is 0 Å². The fourth-order valence-electron chi connectivity index (χ4n) is 2.22. The molecule has 0 bridgehead atoms.